The molecule has 2 saturated heterocycles. The van der Waals surface area contributed by atoms with E-state index in [2.05, 4.69) is 24.1 Å². The normalized spacial score (nSPS) is 34.5. The van der Waals surface area contributed by atoms with Crippen LogP contribution in [0.2, 0.25) is 0 Å². The van der Waals surface area contributed by atoms with E-state index in [0.717, 1.165) is 18.6 Å². The van der Waals surface area contributed by atoms with Crippen molar-refractivity contribution in [2.75, 3.05) is 26.2 Å². The summed E-state index contributed by atoms with van der Waals surface area (Å²) in [6.45, 7) is 9.40. The Hall–Kier alpha value is -0.120. The van der Waals surface area contributed by atoms with Crippen molar-refractivity contribution in [1.29, 1.82) is 0 Å². The van der Waals surface area contributed by atoms with Crippen molar-refractivity contribution in [2.45, 2.75) is 76.5 Å². The van der Waals surface area contributed by atoms with Gasteiger partial charge in [0.1, 0.15) is 0 Å². The minimum Gasteiger partial charge on any atom is -0.378 e. The molecule has 0 bridgehead atoms. The largest absolute Gasteiger partial charge is 0.378 e. The van der Waals surface area contributed by atoms with Crippen LogP contribution in [0.25, 0.3) is 0 Å². The zero-order chi connectivity index (χ0) is 14.0. The lowest BCUT2D eigenvalue weighted by molar-refractivity contribution is 0.0109. The second kappa shape index (κ2) is 6.33. The summed E-state index contributed by atoms with van der Waals surface area (Å²) in [5, 5.41) is 3.86. The van der Waals surface area contributed by atoms with Gasteiger partial charge in [-0.15, -0.1) is 0 Å². The molecule has 0 spiro atoms. The van der Waals surface area contributed by atoms with E-state index in [9.17, 15) is 0 Å². The summed E-state index contributed by atoms with van der Waals surface area (Å²) >= 11 is 0. The van der Waals surface area contributed by atoms with Gasteiger partial charge in [-0.05, 0) is 50.9 Å². The van der Waals surface area contributed by atoms with Crippen LogP contribution >= 0.6 is 0 Å². The first-order valence-corrected chi connectivity index (χ1v) is 8.87. The Morgan fingerprint density at radius 3 is 2.60 bits per heavy atom. The van der Waals surface area contributed by atoms with Crippen LogP contribution in [0.4, 0.5) is 0 Å². The standard InChI is InChI=1S/C17H32N2O/c1-3-17(4-2)13-18-16(14-7-8-14)12-19(17)10-9-15-6-5-11-20-15/h14-16,18H,3-13H2,1-2H3. The molecule has 1 aliphatic carbocycles. The maximum Gasteiger partial charge on any atom is 0.0588 e. The Balaban J connectivity index is 1.60. The molecule has 0 radical (unpaired) electrons. The molecular weight excluding hydrogens is 248 g/mol. The average molecular weight is 280 g/mol. The van der Waals surface area contributed by atoms with Crippen molar-refractivity contribution in [3.05, 3.63) is 0 Å². The molecule has 2 atom stereocenters. The number of ether oxygens (including phenoxy) is 1. The van der Waals surface area contributed by atoms with Gasteiger partial charge in [0.05, 0.1) is 6.10 Å². The summed E-state index contributed by atoms with van der Waals surface area (Å²) in [4.78, 5) is 2.81. The van der Waals surface area contributed by atoms with E-state index >= 15 is 0 Å². The quantitative estimate of drug-likeness (QED) is 0.810. The predicted octanol–water partition coefficient (Wildman–Crippen LogP) is 2.80. The lowest BCUT2D eigenvalue weighted by atomic mass is 9.86. The third-order valence-corrected chi connectivity index (χ3v) is 6.03. The topological polar surface area (TPSA) is 24.5 Å². The van der Waals surface area contributed by atoms with Crippen LogP contribution in [0, 0.1) is 5.92 Å². The molecule has 0 aromatic rings. The highest BCUT2D eigenvalue weighted by Gasteiger charge is 2.43. The van der Waals surface area contributed by atoms with E-state index in [1.165, 1.54) is 64.6 Å². The summed E-state index contributed by atoms with van der Waals surface area (Å²) in [6.07, 6.45) is 9.74. The van der Waals surface area contributed by atoms with E-state index in [-0.39, 0.29) is 0 Å². The molecule has 3 fully saturated rings. The molecule has 2 heterocycles. The first kappa shape index (κ1) is 14.8. The van der Waals surface area contributed by atoms with Gasteiger partial charge in [-0.25, -0.2) is 0 Å². The van der Waals surface area contributed by atoms with Gasteiger partial charge in [0.2, 0.25) is 0 Å². The summed E-state index contributed by atoms with van der Waals surface area (Å²) < 4.78 is 5.82. The minimum absolute atomic E-state index is 0.393. The van der Waals surface area contributed by atoms with E-state index in [1.54, 1.807) is 0 Å². The molecule has 20 heavy (non-hydrogen) atoms. The number of hydrogen-bond acceptors (Lipinski definition) is 3. The SMILES string of the molecule is CCC1(CC)CNC(C2CC2)CN1CCC1CCCO1. The van der Waals surface area contributed by atoms with Crippen molar-refractivity contribution in [3.8, 4) is 0 Å². The molecule has 0 aromatic carbocycles. The van der Waals surface area contributed by atoms with Gasteiger partial charge in [-0.2, -0.15) is 0 Å². The second-order valence-corrected chi connectivity index (χ2v) is 7.13. The molecule has 3 rings (SSSR count). The van der Waals surface area contributed by atoms with Crippen LogP contribution in [-0.4, -0.2) is 48.8 Å². The first-order chi connectivity index (χ1) is 9.77. The van der Waals surface area contributed by atoms with Crippen LogP contribution in [0.15, 0.2) is 0 Å². The van der Waals surface area contributed by atoms with Crippen LogP contribution in [-0.2, 0) is 4.74 Å². The van der Waals surface area contributed by atoms with Crippen LogP contribution in [0.1, 0.15) is 58.8 Å². The Morgan fingerprint density at radius 1 is 1.20 bits per heavy atom. The molecule has 3 heteroatoms. The lowest BCUT2D eigenvalue weighted by Crippen LogP contribution is -2.65. The maximum atomic E-state index is 5.82. The summed E-state index contributed by atoms with van der Waals surface area (Å²) in [7, 11) is 0. The van der Waals surface area contributed by atoms with Crippen molar-refractivity contribution >= 4 is 0 Å². The molecule has 0 amide bonds. The molecule has 2 unspecified atom stereocenters. The summed E-state index contributed by atoms with van der Waals surface area (Å²) in [5.41, 5.74) is 0.393. The van der Waals surface area contributed by atoms with Gasteiger partial charge >= 0.3 is 0 Å². The fraction of sp³-hybridized carbons (Fsp3) is 1.00. The van der Waals surface area contributed by atoms with Crippen LogP contribution in [0.5, 0.6) is 0 Å². The van der Waals surface area contributed by atoms with E-state index in [0.29, 0.717) is 11.6 Å². The molecule has 3 nitrogen and oxygen atoms in total. The third kappa shape index (κ3) is 3.05. The zero-order valence-corrected chi connectivity index (χ0v) is 13.4. The minimum atomic E-state index is 0.393. The van der Waals surface area contributed by atoms with E-state index in [1.807, 2.05) is 0 Å². The molecule has 1 saturated carbocycles. The van der Waals surface area contributed by atoms with Gasteiger partial charge in [0.15, 0.2) is 0 Å². The maximum absolute atomic E-state index is 5.82. The summed E-state index contributed by atoms with van der Waals surface area (Å²) in [6, 6.07) is 0.755. The molecule has 3 aliphatic rings. The van der Waals surface area contributed by atoms with Crippen molar-refractivity contribution < 1.29 is 4.74 Å². The highest BCUT2D eigenvalue weighted by molar-refractivity contribution is 5.01. The molecule has 2 aliphatic heterocycles. The molecule has 116 valence electrons. The molecular formula is C17H32N2O. The Kier molecular flexibility index (Phi) is 4.68. The number of nitrogens with zero attached hydrogens (tertiary/aromatic N) is 1. The van der Waals surface area contributed by atoms with Gasteiger partial charge in [0.25, 0.3) is 0 Å². The highest BCUT2D eigenvalue weighted by atomic mass is 16.5. The number of piperazine rings is 1. The van der Waals surface area contributed by atoms with Gasteiger partial charge < -0.3 is 10.1 Å². The highest BCUT2D eigenvalue weighted by Crippen LogP contribution is 2.37. The molecule has 0 aromatic heterocycles. The Labute approximate surface area is 124 Å². The van der Waals surface area contributed by atoms with Crippen molar-refractivity contribution in [1.82, 2.24) is 10.2 Å². The van der Waals surface area contributed by atoms with Gasteiger partial charge in [-0.1, -0.05) is 13.8 Å². The third-order valence-electron chi connectivity index (χ3n) is 6.03. The zero-order valence-electron chi connectivity index (χ0n) is 13.4. The van der Waals surface area contributed by atoms with Crippen molar-refractivity contribution in [3.63, 3.8) is 0 Å². The second-order valence-electron chi connectivity index (χ2n) is 7.13. The number of rotatable bonds is 6. The monoisotopic (exact) mass is 280 g/mol. The summed E-state index contributed by atoms with van der Waals surface area (Å²) in [5.74, 6) is 0.965. The van der Waals surface area contributed by atoms with Crippen LogP contribution < -0.4 is 5.32 Å². The smallest absolute Gasteiger partial charge is 0.0588 e. The Bertz CT molecular complexity index is 306. The van der Waals surface area contributed by atoms with Gasteiger partial charge in [-0.3, -0.25) is 4.90 Å². The van der Waals surface area contributed by atoms with Gasteiger partial charge in [0, 0.05) is 37.8 Å². The Morgan fingerprint density at radius 2 is 2.00 bits per heavy atom. The number of nitrogens with one attached hydrogen (secondary N) is 1. The fourth-order valence-corrected chi connectivity index (χ4v) is 4.19. The lowest BCUT2D eigenvalue weighted by Gasteiger charge is -2.50. The average Bonchev–Trinajstić information content (AvgIpc) is 3.21. The van der Waals surface area contributed by atoms with Crippen molar-refractivity contribution in [2.24, 2.45) is 5.92 Å². The number of hydrogen-bond donors (Lipinski definition) is 1. The van der Waals surface area contributed by atoms with Crippen LogP contribution in [0.3, 0.4) is 0 Å². The molecule has 1 N–H and O–H groups in total. The van der Waals surface area contributed by atoms with E-state index in [4.69, 9.17) is 4.74 Å². The van der Waals surface area contributed by atoms with E-state index < -0.39 is 0 Å². The predicted molar refractivity (Wildman–Crippen MR) is 83.0 cm³/mol. The first-order valence-electron chi connectivity index (χ1n) is 8.87. The fourth-order valence-electron chi connectivity index (χ4n) is 4.19.